The lowest BCUT2D eigenvalue weighted by Gasteiger charge is -2.14. The molecule has 4 rings (SSSR count). The Morgan fingerprint density at radius 2 is 1.97 bits per heavy atom. The molecular weight excluding hydrogens is 534 g/mol. The Morgan fingerprint density at radius 1 is 1.26 bits per heavy atom. The molecule has 3 aromatic rings. The number of aliphatic carboxylic acids is 1. The van der Waals surface area contributed by atoms with Crippen molar-refractivity contribution in [1.82, 2.24) is 25.2 Å². The van der Waals surface area contributed by atoms with Crippen LogP contribution in [0.25, 0.3) is 22.6 Å². The van der Waals surface area contributed by atoms with Crippen molar-refractivity contribution in [1.29, 1.82) is 0 Å². The number of benzene rings is 1. The second-order valence-electron chi connectivity index (χ2n) is 7.89. The summed E-state index contributed by atoms with van der Waals surface area (Å²) in [5.74, 6) is -3.56. The van der Waals surface area contributed by atoms with E-state index in [0.29, 0.717) is 34.9 Å². The van der Waals surface area contributed by atoms with E-state index in [1.54, 1.807) is 31.3 Å². The van der Waals surface area contributed by atoms with Gasteiger partial charge in [0.2, 0.25) is 5.82 Å². The number of tetrazole rings is 1. The first kappa shape index (κ1) is 28.9. The van der Waals surface area contributed by atoms with Crippen LogP contribution in [0.15, 0.2) is 36.5 Å². The number of carboxylic acid groups (broad SMARTS) is 1. The first-order valence-corrected chi connectivity index (χ1v) is 11.1. The molecule has 0 spiro atoms. The van der Waals surface area contributed by atoms with Crippen LogP contribution < -0.4 is 15.7 Å². The van der Waals surface area contributed by atoms with E-state index in [4.69, 9.17) is 19.4 Å². The highest BCUT2D eigenvalue weighted by molar-refractivity contribution is 5.90. The van der Waals surface area contributed by atoms with Gasteiger partial charge in [-0.3, -0.25) is 14.7 Å². The van der Waals surface area contributed by atoms with Gasteiger partial charge in [-0.05, 0) is 29.5 Å². The van der Waals surface area contributed by atoms with Gasteiger partial charge in [0.15, 0.2) is 6.10 Å². The second-order valence-corrected chi connectivity index (χ2v) is 7.89. The van der Waals surface area contributed by atoms with Gasteiger partial charge in [0, 0.05) is 17.3 Å². The van der Waals surface area contributed by atoms with E-state index >= 15 is 0 Å². The number of rotatable bonds is 7. The molecule has 208 valence electrons. The Morgan fingerprint density at radius 3 is 2.51 bits per heavy atom. The highest BCUT2D eigenvalue weighted by Crippen LogP contribution is 2.29. The van der Waals surface area contributed by atoms with E-state index in [1.807, 2.05) is 0 Å². The van der Waals surface area contributed by atoms with Gasteiger partial charge in [-0.15, -0.1) is 10.2 Å². The highest BCUT2D eigenvalue weighted by atomic mass is 19.4. The SMILES string of the molecule is Cn1nnc(-c2ccc(-c3ccc(N4C[C@H](COC(=O)CC[NH3+])OC4=O)cc3F)cn2)n1.O=C([O-])C(F)(F)F. The van der Waals surface area contributed by atoms with Gasteiger partial charge in [-0.25, -0.2) is 9.18 Å². The van der Waals surface area contributed by atoms with Crippen molar-refractivity contribution in [3.05, 3.63) is 42.3 Å². The maximum Gasteiger partial charge on any atom is 0.430 e. The number of anilines is 1. The van der Waals surface area contributed by atoms with Gasteiger partial charge in [-0.1, -0.05) is 6.07 Å². The molecule has 1 fully saturated rings. The Kier molecular flexibility index (Phi) is 9.08. The summed E-state index contributed by atoms with van der Waals surface area (Å²) < 4.78 is 56.7. The van der Waals surface area contributed by atoms with Gasteiger partial charge >= 0.3 is 18.2 Å². The summed E-state index contributed by atoms with van der Waals surface area (Å²) in [4.78, 5) is 39.4. The lowest BCUT2D eigenvalue weighted by Crippen LogP contribution is -2.51. The maximum absolute atomic E-state index is 14.9. The van der Waals surface area contributed by atoms with E-state index in [1.165, 1.54) is 22.0 Å². The fraction of sp³-hybridized carbons (Fsp3) is 0.318. The Bertz CT molecular complexity index is 1330. The molecule has 1 saturated heterocycles. The molecule has 1 aliphatic heterocycles. The van der Waals surface area contributed by atoms with Crippen LogP contribution in [0.1, 0.15) is 6.42 Å². The van der Waals surface area contributed by atoms with Gasteiger partial charge in [0.1, 0.15) is 24.1 Å². The minimum absolute atomic E-state index is 0.0553. The summed E-state index contributed by atoms with van der Waals surface area (Å²) in [7, 11) is 1.65. The number of pyridine rings is 1. The van der Waals surface area contributed by atoms with Crippen molar-refractivity contribution < 1.29 is 52.3 Å². The molecule has 0 saturated carbocycles. The predicted molar refractivity (Wildman–Crippen MR) is 119 cm³/mol. The highest BCUT2D eigenvalue weighted by Gasteiger charge is 2.33. The fourth-order valence-electron chi connectivity index (χ4n) is 3.20. The Hall–Kier alpha value is -4.67. The molecule has 0 bridgehead atoms. The van der Waals surface area contributed by atoms with Crippen LogP contribution in [-0.4, -0.2) is 75.2 Å². The zero-order valence-corrected chi connectivity index (χ0v) is 20.2. The summed E-state index contributed by atoms with van der Waals surface area (Å²) >= 11 is 0. The topological polar surface area (TPSA) is 180 Å². The van der Waals surface area contributed by atoms with Crippen LogP contribution in [0.2, 0.25) is 0 Å². The number of carbonyl (C=O) groups is 3. The van der Waals surface area contributed by atoms with Crippen LogP contribution in [0, 0.1) is 5.82 Å². The minimum Gasteiger partial charge on any atom is -0.542 e. The molecule has 1 aromatic carbocycles. The van der Waals surface area contributed by atoms with E-state index in [2.05, 4.69) is 26.1 Å². The van der Waals surface area contributed by atoms with Crippen LogP contribution >= 0.6 is 0 Å². The van der Waals surface area contributed by atoms with Crippen molar-refractivity contribution in [3.63, 3.8) is 0 Å². The summed E-state index contributed by atoms with van der Waals surface area (Å²) in [5.41, 5.74) is 5.32. The molecule has 1 atom stereocenters. The number of halogens is 4. The van der Waals surface area contributed by atoms with Crippen LogP contribution in [0.3, 0.4) is 0 Å². The number of cyclic esters (lactones) is 1. The molecule has 1 aliphatic rings. The number of quaternary nitrogens is 1. The Balaban J connectivity index is 0.000000532. The normalized spacial score (nSPS) is 14.9. The van der Waals surface area contributed by atoms with E-state index in [0.717, 1.165) is 0 Å². The van der Waals surface area contributed by atoms with Crippen molar-refractivity contribution >= 4 is 23.7 Å². The third kappa shape index (κ3) is 7.67. The lowest BCUT2D eigenvalue weighted by molar-refractivity contribution is -0.366. The third-order valence-corrected chi connectivity index (χ3v) is 4.99. The first-order valence-electron chi connectivity index (χ1n) is 11.1. The minimum atomic E-state index is -5.19. The fourth-order valence-corrected chi connectivity index (χ4v) is 3.20. The molecule has 39 heavy (non-hydrogen) atoms. The number of alkyl halides is 3. The summed E-state index contributed by atoms with van der Waals surface area (Å²) in [6.07, 6.45) is -4.73. The largest absolute Gasteiger partial charge is 0.542 e. The summed E-state index contributed by atoms with van der Waals surface area (Å²) in [6, 6.07) is 7.83. The zero-order chi connectivity index (χ0) is 28.7. The van der Waals surface area contributed by atoms with Gasteiger partial charge in [0.25, 0.3) is 0 Å². The van der Waals surface area contributed by atoms with Crippen LogP contribution in [0.4, 0.5) is 28.0 Å². The first-order chi connectivity index (χ1) is 18.4. The second kappa shape index (κ2) is 12.2. The number of hydrogen-bond acceptors (Lipinski definition) is 10. The number of hydrogen-bond donors (Lipinski definition) is 1. The van der Waals surface area contributed by atoms with Crippen LogP contribution in [0.5, 0.6) is 0 Å². The lowest BCUT2D eigenvalue weighted by atomic mass is 10.1. The predicted octanol–water partition coefficient (Wildman–Crippen LogP) is -0.123. The molecule has 2 aromatic heterocycles. The average Bonchev–Trinajstić information content (AvgIpc) is 3.48. The van der Waals surface area contributed by atoms with Crippen LogP contribution in [-0.2, 0) is 26.1 Å². The molecule has 3 N–H and O–H groups in total. The molecule has 0 radical (unpaired) electrons. The molecule has 3 heterocycles. The number of carboxylic acids is 1. The quantitative estimate of drug-likeness (QED) is 0.305. The Labute approximate surface area is 217 Å². The molecule has 1 amide bonds. The monoisotopic (exact) mass is 555 g/mol. The molecular formula is C22H21F4N7O6. The van der Waals surface area contributed by atoms with E-state index in [-0.39, 0.29) is 19.6 Å². The summed E-state index contributed by atoms with van der Waals surface area (Å²) in [6.45, 7) is 0.521. The number of esters is 1. The number of nitrogens with zero attached hydrogens (tertiary/aromatic N) is 6. The average molecular weight is 555 g/mol. The van der Waals surface area contributed by atoms with E-state index in [9.17, 15) is 27.2 Å². The number of aromatic nitrogens is 5. The molecule has 17 heteroatoms. The molecule has 0 unspecified atom stereocenters. The number of ether oxygens (including phenoxy) is 2. The van der Waals surface area contributed by atoms with Gasteiger partial charge < -0.3 is 25.1 Å². The van der Waals surface area contributed by atoms with Crippen molar-refractivity contribution in [2.75, 3.05) is 24.6 Å². The number of aryl methyl sites for hydroxylation is 1. The van der Waals surface area contributed by atoms with Gasteiger partial charge in [-0.2, -0.15) is 18.0 Å². The maximum atomic E-state index is 14.9. The smallest absolute Gasteiger partial charge is 0.430 e. The van der Waals surface area contributed by atoms with E-state index < -0.39 is 36.1 Å². The molecule has 13 nitrogen and oxygen atoms in total. The molecule has 0 aliphatic carbocycles. The number of carbonyl (C=O) groups excluding carboxylic acids is 3. The van der Waals surface area contributed by atoms with Crippen molar-refractivity contribution in [2.45, 2.75) is 18.7 Å². The number of amides is 1. The third-order valence-electron chi connectivity index (χ3n) is 4.99. The zero-order valence-electron chi connectivity index (χ0n) is 20.2. The summed E-state index contributed by atoms with van der Waals surface area (Å²) in [5, 5.41) is 20.5. The van der Waals surface area contributed by atoms with Crippen molar-refractivity contribution in [3.8, 4) is 22.6 Å². The standard InChI is InChI=1S/C20H20FN7O4.C2HF3O2/c1-27-25-19(24-26-27)17-5-2-12(9-23-17)15-4-3-13(8-16(15)21)28-10-14(32-20(28)30)11-31-18(29)6-7-22;3-2(4,5)1(6)7/h2-5,8-9,14H,6-7,10-11,22H2,1H3;(H,6,7)/t14-;/m1./s1. The van der Waals surface area contributed by atoms with Crippen molar-refractivity contribution in [2.24, 2.45) is 7.05 Å². The van der Waals surface area contributed by atoms with Gasteiger partial charge in [0.05, 0.1) is 32.2 Å².